The minimum absolute atomic E-state index is 0.0245. The van der Waals surface area contributed by atoms with Crippen LogP contribution in [0.3, 0.4) is 0 Å². The summed E-state index contributed by atoms with van der Waals surface area (Å²) in [5.41, 5.74) is 0.874. The van der Waals surface area contributed by atoms with Crippen molar-refractivity contribution in [2.45, 2.75) is 33.1 Å². The molecule has 3 heteroatoms. The fraction of sp³-hybridized carbons (Fsp3) is 0.462. The Morgan fingerprint density at radius 3 is 2.81 bits per heavy atom. The predicted molar refractivity (Wildman–Crippen MR) is 60.9 cm³/mol. The predicted octanol–water partition coefficient (Wildman–Crippen LogP) is 3.48. The van der Waals surface area contributed by atoms with Crippen LogP contribution < -0.4 is 0 Å². The van der Waals surface area contributed by atoms with Crippen LogP contribution in [0.4, 0.5) is 4.39 Å². The number of ether oxygens (including phenoxy) is 1. The Labute approximate surface area is 95.4 Å². The lowest BCUT2D eigenvalue weighted by Gasteiger charge is -2.05. The number of benzene rings is 1. The maximum Gasteiger partial charge on any atom is 0.341 e. The second kappa shape index (κ2) is 6.26. The molecule has 0 aliphatic heterocycles. The van der Waals surface area contributed by atoms with E-state index in [1.807, 2.05) is 6.92 Å². The quantitative estimate of drug-likeness (QED) is 0.565. The van der Waals surface area contributed by atoms with Gasteiger partial charge >= 0.3 is 5.97 Å². The molecular weight excluding hydrogens is 207 g/mol. The first-order valence-electron chi connectivity index (χ1n) is 5.58. The van der Waals surface area contributed by atoms with Gasteiger partial charge in [0, 0.05) is 0 Å². The average Bonchev–Trinajstić information content (AvgIpc) is 2.27. The molecule has 0 bridgehead atoms. The third kappa shape index (κ3) is 3.65. The van der Waals surface area contributed by atoms with E-state index in [0.29, 0.717) is 6.61 Å². The minimum Gasteiger partial charge on any atom is -0.462 e. The Hall–Kier alpha value is -1.38. The minimum atomic E-state index is -0.572. The Morgan fingerprint density at radius 1 is 1.38 bits per heavy atom. The smallest absolute Gasteiger partial charge is 0.341 e. The highest BCUT2D eigenvalue weighted by Gasteiger charge is 2.12. The number of halogens is 1. The van der Waals surface area contributed by atoms with Crippen molar-refractivity contribution in [1.29, 1.82) is 0 Å². The summed E-state index contributed by atoms with van der Waals surface area (Å²) in [6.45, 7) is 4.25. The highest BCUT2D eigenvalue weighted by atomic mass is 19.1. The van der Waals surface area contributed by atoms with Crippen molar-refractivity contribution in [2.75, 3.05) is 6.61 Å². The Morgan fingerprint density at radius 2 is 2.12 bits per heavy atom. The van der Waals surface area contributed by atoms with E-state index in [0.717, 1.165) is 24.8 Å². The third-order valence-electron chi connectivity index (χ3n) is 2.32. The molecule has 0 aromatic heterocycles. The zero-order valence-electron chi connectivity index (χ0n) is 9.75. The fourth-order valence-electron chi connectivity index (χ4n) is 1.39. The highest BCUT2D eigenvalue weighted by molar-refractivity contribution is 5.89. The van der Waals surface area contributed by atoms with E-state index in [9.17, 15) is 9.18 Å². The molecule has 0 amide bonds. The van der Waals surface area contributed by atoms with Crippen molar-refractivity contribution < 1.29 is 13.9 Å². The maximum absolute atomic E-state index is 13.3. The number of carbonyl (C=O) groups excluding carboxylic acids is 1. The molecular formula is C13H17FO2. The number of rotatable bonds is 5. The van der Waals surface area contributed by atoms with Crippen LogP contribution in [0.5, 0.6) is 0 Å². The lowest BCUT2D eigenvalue weighted by molar-refractivity contribution is 0.0492. The summed E-state index contributed by atoms with van der Waals surface area (Å²) in [6.07, 6.45) is 2.91. The summed E-state index contributed by atoms with van der Waals surface area (Å²) >= 11 is 0. The molecule has 0 spiro atoms. The molecule has 0 fully saturated rings. The fourth-order valence-corrected chi connectivity index (χ4v) is 1.39. The van der Waals surface area contributed by atoms with Crippen LogP contribution in [0.15, 0.2) is 18.2 Å². The van der Waals surface area contributed by atoms with Crippen LogP contribution in [0.2, 0.25) is 0 Å². The maximum atomic E-state index is 13.3. The van der Waals surface area contributed by atoms with Crippen molar-refractivity contribution in [3.8, 4) is 0 Å². The molecule has 0 atom stereocenters. The largest absolute Gasteiger partial charge is 0.462 e. The second-order valence-corrected chi connectivity index (χ2v) is 3.83. The van der Waals surface area contributed by atoms with Crippen LogP contribution in [-0.4, -0.2) is 12.6 Å². The van der Waals surface area contributed by atoms with Gasteiger partial charge in [0.15, 0.2) is 0 Å². The van der Waals surface area contributed by atoms with Gasteiger partial charge in [0.05, 0.1) is 12.2 Å². The molecule has 1 aromatic rings. The van der Waals surface area contributed by atoms with Crippen LogP contribution >= 0.6 is 0 Å². The van der Waals surface area contributed by atoms with Gasteiger partial charge in [-0.2, -0.15) is 0 Å². The van der Waals surface area contributed by atoms with E-state index < -0.39 is 11.8 Å². The first-order chi connectivity index (χ1) is 7.65. The summed E-state index contributed by atoms with van der Waals surface area (Å²) in [6, 6.07) is 4.43. The van der Waals surface area contributed by atoms with E-state index in [-0.39, 0.29) is 5.56 Å². The second-order valence-electron chi connectivity index (χ2n) is 3.83. The number of hydrogen-bond acceptors (Lipinski definition) is 2. The van der Waals surface area contributed by atoms with Crippen molar-refractivity contribution in [3.63, 3.8) is 0 Å². The Bertz CT molecular complexity index is 361. The zero-order valence-corrected chi connectivity index (χ0v) is 9.75. The summed E-state index contributed by atoms with van der Waals surface area (Å²) in [4.78, 5) is 11.5. The molecule has 0 N–H and O–H groups in total. The first kappa shape index (κ1) is 12.7. The van der Waals surface area contributed by atoms with Crippen molar-refractivity contribution in [2.24, 2.45) is 0 Å². The number of hydrogen-bond donors (Lipinski definition) is 0. The molecule has 1 aromatic carbocycles. The van der Waals surface area contributed by atoms with Crippen LogP contribution in [0, 0.1) is 12.7 Å². The van der Waals surface area contributed by atoms with Gasteiger partial charge in [-0.1, -0.05) is 31.4 Å². The topological polar surface area (TPSA) is 26.3 Å². The lowest BCUT2D eigenvalue weighted by atomic mass is 10.1. The lowest BCUT2D eigenvalue weighted by Crippen LogP contribution is -2.08. The molecule has 0 aliphatic rings. The van der Waals surface area contributed by atoms with E-state index in [2.05, 4.69) is 6.92 Å². The number of carbonyl (C=O) groups is 1. The highest BCUT2D eigenvalue weighted by Crippen LogP contribution is 2.11. The number of esters is 1. The number of aryl methyl sites for hydroxylation is 1. The van der Waals surface area contributed by atoms with Gasteiger partial charge in [-0.05, 0) is 25.5 Å². The standard InChI is InChI=1S/C13H17FO2/c1-3-4-5-8-16-13(15)11-9-10(2)6-7-12(11)14/h6-7,9H,3-5,8H2,1-2H3. The first-order valence-corrected chi connectivity index (χ1v) is 5.58. The van der Waals surface area contributed by atoms with Crippen molar-refractivity contribution >= 4 is 5.97 Å². The molecule has 0 aliphatic carbocycles. The SMILES string of the molecule is CCCCCOC(=O)c1cc(C)ccc1F. The molecule has 16 heavy (non-hydrogen) atoms. The van der Waals surface area contributed by atoms with Gasteiger partial charge < -0.3 is 4.74 Å². The molecule has 88 valence electrons. The van der Waals surface area contributed by atoms with Gasteiger partial charge in [-0.15, -0.1) is 0 Å². The van der Waals surface area contributed by atoms with E-state index >= 15 is 0 Å². The van der Waals surface area contributed by atoms with E-state index in [4.69, 9.17) is 4.74 Å². The van der Waals surface area contributed by atoms with Crippen LogP contribution in [-0.2, 0) is 4.74 Å². The van der Waals surface area contributed by atoms with Crippen molar-refractivity contribution in [1.82, 2.24) is 0 Å². The molecule has 0 saturated heterocycles. The van der Waals surface area contributed by atoms with Crippen LogP contribution in [0.25, 0.3) is 0 Å². The summed E-state index contributed by atoms with van der Waals surface area (Å²) in [7, 11) is 0. The molecule has 2 nitrogen and oxygen atoms in total. The van der Waals surface area contributed by atoms with Gasteiger partial charge in [0.2, 0.25) is 0 Å². The van der Waals surface area contributed by atoms with Crippen LogP contribution in [0.1, 0.15) is 42.1 Å². The Kier molecular flexibility index (Phi) is 4.96. The Balaban J connectivity index is 2.55. The van der Waals surface area contributed by atoms with Gasteiger partial charge in [-0.3, -0.25) is 0 Å². The molecule has 0 saturated carbocycles. The van der Waals surface area contributed by atoms with Crippen molar-refractivity contribution in [3.05, 3.63) is 35.1 Å². The van der Waals surface area contributed by atoms with Gasteiger partial charge in [-0.25, -0.2) is 9.18 Å². The van der Waals surface area contributed by atoms with Gasteiger partial charge in [0.25, 0.3) is 0 Å². The summed E-state index contributed by atoms with van der Waals surface area (Å²) in [5, 5.41) is 0. The molecule has 0 heterocycles. The summed E-state index contributed by atoms with van der Waals surface area (Å²) < 4.78 is 18.3. The van der Waals surface area contributed by atoms with Gasteiger partial charge in [0.1, 0.15) is 5.82 Å². The molecule has 0 unspecified atom stereocenters. The third-order valence-corrected chi connectivity index (χ3v) is 2.32. The molecule has 1 rings (SSSR count). The monoisotopic (exact) mass is 224 g/mol. The van der Waals surface area contributed by atoms with E-state index in [1.54, 1.807) is 6.07 Å². The number of unbranched alkanes of at least 4 members (excludes halogenated alkanes) is 2. The normalized spacial score (nSPS) is 10.2. The molecule has 0 radical (unpaired) electrons. The summed E-state index contributed by atoms with van der Waals surface area (Å²) in [5.74, 6) is -1.09. The van der Waals surface area contributed by atoms with E-state index in [1.165, 1.54) is 12.1 Å². The average molecular weight is 224 g/mol. The zero-order chi connectivity index (χ0) is 12.0.